The lowest BCUT2D eigenvalue weighted by Crippen LogP contribution is -2.36. The largest absolute Gasteiger partial charge is 0.465 e. The van der Waals surface area contributed by atoms with Crippen molar-refractivity contribution in [3.63, 3.8) is 0 Å². The standard InChI is InChI=1S/C22H19Cl2FN8O3/c1-12-30-20(33(31-12)14-4-6-17(24)18(25)8-14)10-27-22(35)26-9-19-28-11-29-32(19)13-3-5-16(23)15(7-13)21(34)36-2/h3-8,11H,9-10H2,1-2H3,(H2,26,27,35). The van der Waals surface area contributed by atoms with Crippen LogP contribution in [0.4, 0.5) is 9.18 Å². The van der Waals surface area contributed by atoms with E-state index in [9.17, 15) is 14.0 Å². The van der Waals surface area contributed by atoms with E-state index in [1.807, 2.05) is 0 Å². The van der Waals surface area contributed by atoms with Crippen molar-refractivity contribution < 1.29 is 18.7 Å². The Kier molecular flexibility index (Phi) is 7.46. The molecule has 0 fully saturated rings. The first-order valence-corrected chi connectivity index (χ1v) is 11.2. The minimum absolute atomic E-state index is 0.0115. The molecular weight excluding hydrogens is 514 g/mol. The van der Waals surface area contributed by atoms with Gasteiger partial charge in [0.15, 0.2) is 11.6 Å². The molecular formula is C22H19Cl2FN8O3. The van der Waals surface area contributed by atoms with Gasteiger partial charge < -0.3 is 15.4 Å². The Hall–Kier alpha value is -4.03. The van der Waals surface area contributed by atoms with Crippen molar-refractivity contribution in [3.05, 3.63) is 81.6 Å². The van der Waals surface area contributed by atoms with Gasteiger partial charge in [-0.15, -0.1) is 0 Å². The van der Waals surface area contributed by atoms with E-state index >= 15 is 0 Å². The summed E-state index contributed by atoms with van der Waals surface area (Å²) in [5.41, 5.74) is 1.09. The van der Waals surface area contributed by atoms with Crippen LogP contribution in [0.15, 0.2) is 42.7 Å². The highest BCUT2D eigenvalue weighted by molar-refractivity contribution is 6.33. The fourth-order valence-electron chi connectivity index (χ4n) is 3.29. The molecule has 0 aliphatic rings. The summed E-state index contributed by atoms with van der Waals surface area (Å²) in [7, 11) is 1.26. The zero-order valence-electron chi connectivity index (χ0n) is 19.0. The minimum atomic E-state index is -0.595. The Morgan fingerprint density at radius 3 is 2.36 bits per heavy atom. The number of amides is 2. The Bertz CT molecular complexity index is 1440. The highest BCUT2D eigenvalue weighted by Gasteiger charge is 2.16. The Labute approximate surface area is 214 Å². The second kappa shape index (κ2) is 10.7. The van der Waals surface area contributed by atoms with Gasteiger partial charge in [-0.2, -0.15) is 10.2 Å². The topological polar surface area (TPSA) is 129 Å². The highest BCUT2D eigenvalue weighted by Crippen LogP contribution is 2.21. The van der Waals surface area contributed by atoms with Crippen molar-refractivity contribution in [3.8, 4) is 11.4 Å². The summed E-state index contributed by atoms with van der Waals surface area (Å²) in [6.07, 6.45) is 1.32. The van der Waals surface area contributed by atoms with Crippen LogP contribution < -0.4 is 10.6 Å². The molecule has 0 saturated carbocycles. The van der Waals surface area contributed by atoms with Crippen molar-refractivity contribution in [1.82, 2.24) is 40.2 Å². The van der Waals surface area contributed by atoms with Gasteiger partial charge in [0.1, 0.15) is 18.0 Å². The average molecular weight is 533 g/mol. The molecule has 0 aliphatic carbocycles. The number of halogens is 3. The summed E-state index contributed by atoms with van der Waals surface area (Å²) in [5, 5.41) is 14.0. The van der Waals surface area contributed by atoms with Crippen LogP contribution in [0.1, 0.15) is 27.8 Å². The van der Waals surface area contributed by atoms with Gasteiger partial charge in [0.25, 0.3) is 0 Å². The van der Waals surface area contributed by atoms with Crippen LogP contribution in [-0.2, 0) is 17.8 Å². The van der Waals surface area contributed by atoms with E-state index in [0.717, 1.165) is 0 Å². The molecule has 2 aromatic heterocycles. The molecule has 4 rings (SSSR count). The first kappa shape index (κ1) is 25.1. The van der Waals surface area contributed by atoms with Crippen LogP contribution in [0.5, 0.6) is 0 Å². The van der Waals surface area contributed by atoms with Gasteiger partial charge in [0.2, 0.25) is 0 Å². The molecule has 4 aromatic rings. The molecule has 11 nitrogen and oxygen atoms in total. The van der Waals surface area contributed by atoms with Crippen LogP contribution in [0.25, 0.3) is 11.4 Å². The second-order valence-corrected chi connectivity index (χ2v) is 8.18. The third kappa shape index (κ3) is 5.44. The van der Waals surface area contributed by atoms with Gasteiger partial charge in [-0.25, -0.2) is 33.3 Å². The molecule has 186 valence electrons. The third-order valence-corrected chi connectivity index (χ3v) is 5.60. The number of carbonyl (C=O) groups is 2. The predicted molar refractivity (Wildman–Crippen MR) is 128 cm³/mol. The van der Waals surface area contributed by atoms with Crippen molar-refractivity contribution in [1.29, 1.82) is 0 Å². The van der Waals surface area contributed by atoms with E-state index in [-0.39, 0.29) is 28.7 Å². The number of hydrogen-bond acceptors (Lipinski definition) is 7. The van der Waals surface area contributed by atoms with Crippen molar-refractivity contribution in [2.75, 3.05) is 7.11 Å². The second-order valence-electron chi connectivity index (χ2n) is 7.37. The summed E-state index contributed by atoms with van der Waals surface area (Å²) < 4.78 is 21.5. The van der Waals surface area contributed by atoms with E-state index in [1.54, 1.807) is 25.1 Å². The van der Waals surface area contributed by atoms with Crippen molar-refractivity contribution in [2.24, 2.45) is 0 Å². The zero-order valence-corrected chi connectivity index (χ0v) is 20.5. The molecule has 36 heavy (non-hydrogen) atoms. The summed E-state index contributed by atoms with van der Waals surface area (Å²) in [5.74, 6) is 0.0564. The number of ether oxygens (including phenoxy) is 1. The van der Waals surface area contributed by atoms with Crippen molar-refractivity contribution >= 4 is 35.2 Å². The molecule has 0 radical (unpaired) electrons. The number of esters is 1. The number of benzene rings is 2. The number of hydrogen-bond donors (Lipinski definition) is 2. The average Bonchev–Trinajstić information content (AvgIpc) is 3.49. The van der Waals surface area contributed by atoms with E-state index in [4.69, 9.17) is 27.9 Å². The zero-order chi connectivity index (χ0) is 25.8. The number of nitrogens with zero attached hydrogens (tertiary/aromatic N) is 6. The molecule has 2 aromatic carbocycles. The van der Waals surface area contributed by atoms with Crippen LogP contribution in [0.3, 0.4) is 0 Å². The molecule has 2 heterocycles. The monoisotopic (exact) mass is 532 g/mol. The van der Waals surface area contributed by atoms with Gasteiger partial charge >= 0.3 is 12.0 Å². The first-order chi connectivity index (χ1) is 17.3. The van der Waals surface area contributed by atoms with Gasteiger partial charge in [0, 0.05) is 6.07 Å². The highest BCUT2D eigenvalue weighted by atomic mass is 35.5. The number of methoxy groups -OCH3 is 1. The van der Waals surface area contributed by atoms with Gasteiger partial charge in [0.05, 0.1) is 47.2 Å². The number of rotatable bonds is 7. The quantitative estimate of drug-likeness (QED) is 0.349. The predicted octanol–water partition coefficient (Wildman–Crippen LogP) is 3.39. The molecule has 2 N–H and O–H groups in total. The maximum atomic E-state index is 13.9. The first-order valence-electron chi connectivity index (χ1n) is 10.4. The number of aromatic nitrogens is 6. The summed E-state index contributed by atoms with van der Waals surface area (Å²) >= 11 is 11.8. The normalized spacial score (nSPS) is 10.8. The summed E-state index contributed by atoms with van der Waals surface area (Å²) in [6.45, 7) is 1.72. The SMILES string of the molecule is COC(=O)c1cc(-n2ncnc2CNC(=O)NCc2nc(C)nn2-c2ccc(Cl)c(F)c2)ccc1Cl. The third-order valence-electron chi connectivity index (χ3n) is 4.96. The fraction of sp³-hybridized carbons (Fsp3) is 0.182. The number of urea groups is 1. The van der Waals surface area contributed by atoms with E-state index in [2.05, 4.69) is 30.8 Å². The Morgan fingerprint density at radius 1 is 1.00 bits per heavy atom. The molecule has 0 aliphatic heterocycles. The maximum absolute atomic E-state index is 13.9. The van der Waals surface area contributed by atoms with Crippen LogP contribution in [0.2, 0.25) is 10.0 Å². The maximum Gasteiger partial charge on any atom is 0.339 e. The van der Waals surface area contributed by atoms with Crippen LogP contribution >= 0.6 is 23.2 Å². The van der Waals surface area contributed by atoms with Gasteiger partial charge in [-0.3, -0.25) is 0 Å². The molecule has 14 heteroatoms. The molecule has 0 unspecified atom stereocenters. The molecule has 0 atom stereocenters. The van der Waals surface area contributed by atoms with E-state index in [0.29, 0.717) is 28.8 Å². The van der Waals surface area contributed by atoms with Crippen molar-refractivity contribution in [2.45, 2.75) is 20.0 Å². The lowest BCUT2D eigenvalue weighted by Gasteiger charge is -2.11. The molecule has 0 saturated heterocycles. The lowest BCUT2D eigenvalue weighted by molar-refractivity contribution is 0.0601. The molecule has 0 spiro atoms. The number of aryl methyl sites for hydroxylation is 1. The van der Waals surface area contributed by atoms with Gasteiger partial charge in [-0.1, -0.05) is 23.2 Å². The number of nitrogens with one attached hydrogen (secondary N) is 2. The Morgan fingerprint density at radius 2 is 1.67 bits per heavy atom. The Balaban J connectivity index is 1.42. The summed E-state index contributed by atoms with van der Waals surface area (Å²) in [6, 6.07) is 8.44. The number of carbonyl (C=O) groups excluding carboxylic acids is 2. The van der Waals surface area contributed by atoms with Crippen LogP contribution in [0, 0.1) is 12.7 Å². The summed E-state index contributed by atoms with van der Waals surface area (Å²) in [4.78, 5) is 32.8. The lowest BCUT2D eigenvalue weighted by atomic mass is 10.2. The van der Waals surface area contributed by atoms with Crippen LogP contribution in [-0.4, -0.2) is 48.6 Å². The molecule has 2 amide bonds. The fourth-order valence-corrected chi connectivity index (χ4v) is 3.60. The van der Waals surface area contributed by atoms with E-state index in [1.165, 1.54) is 41.0 Å². The smallest absolute Gasteiger partial charge is 0.339 e. The molecule has 0 bridgehead atoms. The van der Waals surface area contributed by atoms with Gasteiger partial charge in [-0.05, 0) is 37.3 Å². The minimum Gasteiger partial charge on any atom is -0.465 e. The van der Waals surface area contributed by atoms with E-state index < -0.39 is 17.8 Å².